The van der Waals surface area contributed by atoms with E-state index in [2.05, 4.69) is 38.3 Å². The molecule has 3 aromatic rings. The van der Waals surface area contributed by atoms with Crippen LogP contribution in [-0.2, 0) is 9.47 Å². The summed E-state index contributed by atoms with van der Waals surface area (Å²) in [6, 6.07) is 14.1. The fourth-order valence-corrected chi connectivity index (χ4v) is 4.65. The Morgan fingerprint density at radius 1 is 0.917 bits per heavy atom. The number of nitrogens with one attached hydrogen (secondary N) is 1. The number of rotatable bonds is 7. The average Bonchev–Trinajstić information content (AvgIpc) is 2.93. The Labute approximate surface area is 216 Å². The van der Waals surface area contributed by atoms with Crippen LogP contribution in [0.3, 0.4) is 0 Å². The van der Waals surface area contributed by atoms with Crippen molar-refractivity contribution in [3.8, 4) is 5.75 Å². The van der Waals surface area contributed by atoms with Crippen LogP contribution in [0, 0.1) is 0 Å². The van der Waals surface area contributed by atoms with Crippen molar-refractivity contribution in [2.45, 2.75) is 0 Å². The first kappa shape index (κ1) is 24.4. The first-order valence-electron chi connectivity index (χ1n) is 12.1. The minimum atomic E-state index is 0.519. The molecule has 5 rings (SSSR count). The molecule has 0 amide bonds. The van der Waals surface area contributed by atoms with Gasteiger partial charge in [-0.2, -0.15) is 4.98 Å². The summed E-state index contributed by atoms with van der Waals surface area (Å²) in [4.78, 5) is 15.9. The molecule has 2 fully saturated rings. The third-order valence-electron chi connectivity index (χ3n) is 6.42. The number of hydrogen-bond donors (Lipinski definition) is 1. The highest BCUT2D eigenvalue weighted by Crippen LogP contribution is 2.33. The minimum absolute atomic E-state index is 0.519. The Morgan fingerprint density at radius 3 is 2.14 bits per heavy atom. The van der Waals surface area contributed by atoms with Crippen molar-refractivity contribution in [1.82, 2.24) is 9.97 Å². The van der Waals surface area contributed by atoms with Gasteiger partial charge in [0.1, 0.15) is 11.6 Å². The molecule has 9 nitrogen and oxygen atoms in total. The van der Waals surface area contributed by atoms with Gasteiger partial charge < -0.3 is 34.2 Å². The van der Waals surface area contributed by atoms with Crippen LogP contribution < -0.4 is 24.8 Å². The molecule has 0 unspecified atom stereocenters. The minimum Gasteiger partial charge on any atom is -0.495 e. The van der Waals surface area contributed by atoms with Crippen LogP contribution in [-0.4, -0.2) is 76.7 Å². The van der Waals surface area contributed by atoms with Crippen LogP contribution >= 0.6 is 11.6 Å². The van der Waals surface area contributed by atoms with E-state index in [9.17, 15) is 0 Å². The van der Waals surface area contributed by atoms with Crippen molar-refractivity contribution in [2.24, 2.45) is 0 Å². The first-order valence-corrected chi connectivity index (χ1v) is 12.5. The predicted octanol–water partition coefficient (Wildman–Crippen LogP) is 4.32. The van der Waals surface area contributed by atoms with Crippen molar-refractivity contribution >= 4 is 46.1 Å². The van der Waals surface area contributed by atoms with Crippen molar-refractivity contribution in [2.75, 3.05) is 86.8 Å². The number of methoxy groups -OCH3 is 1. The molecule has 0 bridgehead atoms. The fraction of sp³-hybridized carbons (Fsp3) is 0.385. The van der Waals surface area contributed by atoms with E-state index in [0.717, 1.165) is 81.2 Å². The standard InChI is InChI=1S/C26H31ClN6O3/c1-31(20-3-4-24(34-2)23(27)18-20)25-5-6-28-26(30-25)29-19-15-21(32-7-11-35-12-8-32)17-22(16-19)33-9-13-36-14-10-33/h3-6,15-18H,7-14H2,1-2H3,(H,28,29,30). The molecule has 2 saturated heterocycles. The molecule has 0 saturated carbocycles. The number of halogens is 1. The Balaban J connectivity index is 1.41. The Kier molecular flexibility index (Phi) is 7.60. The highest BCUT2D eigenvalue weighted by atomic mass is 35.5. The summed E-state index contributed by atoms with van der Waals surface area (Å²) in [5, 5.41) is 3.97. The Morgan fingerprint density at radius 2 is 1.56 bits per heavy atom. The van der Waals surface area contributed by atoms with Crippen LogP contribution in [0.15, 0.2) is 48.7 Å². The van der Waals surface area contributed by atoms with Crippen LogP contribution in [0.1, 0.15) is 0 Å². The van der Waals surface area contributed by atoms with Crippen molar-refractivity contribution in [3.63, 3.8) is 0 Å². The van der Waals surface area contributed by atoms with Gasteiger partial charge in [0.2, 0.25) is 5.95 Å². The lowest BCUT2D eigenvalue weighted by Gasteiger charge is -2.33. The maximum atomic E-state index is 6.34. The number of ether oxygens (including phenoxy) is 3. The molecule has 0 radical (unpaired) electrons. The van der Waals surface area contributed by atoms with E-state index in [1.165, 1.54) is 0 Å². The van der Waals surface area contributed by atoms with Gasteiger partial charge >= 0.3 is 0 Å². The molecule has 0 aliphatic carbocycles. The smallest absolute Gasteiger partial charge is 0.229 e. The molecule has 0 atom stereocenters. The molecule has 3 heterocycles. The quantitative estimate of drug-likeness (QED) is 0.500. The summed E-state index contributed by atoms with van der Waals surface area (Å²) in [6.45, 7) is 6.41. The number of benzene rings is 2. The lowest BCUT2D eigenvalue weighted by molar-refractivity contribution is 0.122. The SMILES string of the molecule is COc1ccc(N(C)c2ccnc(Nc3cc(N4CCOCC4)cc(N4CCOCC4)c3)n2)cc1Cl. The van der Waals surface area contributed by atoms with Gasteiger partial charge in [-0.15, -0.1) is 0 Å². The summed E-state index contributed by atoms with van der Waals surface area (Å²) in [7, 11) is 3.55. The van der Waals surface area contributed by atoms with Crippen LogP contribution in [0.2, 0.25) is 5.02 Å². The molecule has 2 aromatic carbocycles. The van der Waals surface area contributed by atoms with Gasteiger partial charge in [0.05, 0.1) is 38.6 Å². The zero-order chi connectivity index (χ0) is 24.9. The zero-order valence-corrected chi connectivity index (χ0v) is 21.4. The summed E-state index contributed by atoms with van der Waals surface area (Å²) in [5.74, 6) is 1.90. The second-order valence-electron chi connectivity index (χ2n) is 8.68. The number of nitrogens with zero attached hydrogens (tertiary/aromatic N) is 5. The maximum absolute atomic E-state index is 6.34. The van der Waals surface area contributed by atoms with Crippen molar-refractivity contribution in [1.29, 1.82) is 0 Å². The summed E-state index contributed by atoms with van der Waals surface area (Å²) < 4.78 is 16.4. The summed E-state index contributed by atoms with van der Waals surface area (Å²) >= 11 is 6.34. The molecule has 2 aliphatic heterocycles. The molecule has 0 spiro atoms. The molecule has 1 aromatic heterocycles. The van der Waals surface area contributed by atoms with E-state index in [0.29, 0.717) is 16.7 Å². The van der Waals surface area contributed by atoms with E-state index >= 15 is 0 Å². The summed E-state index contributed by atoms with van der Waals surface area (Å²) in [5.41, 5.74) is 4.15. The predicted molar refractivity (Wildman–Crippen MR) is 144 cm³/mol. The van der Waals surface area contributed by atoms with Gasteiger partial charge in [0, 0.05) is 62.2 Å². The van der Waals surface area contributed by atoms with E-state index in [1.54, 1.807) is 13.3 Å². The zero-order valence-electron chi connectivity index (χ0n) is 20.6. The van der Waals surface area contributed by atoms with Crippen LogP contribution in [0.25, 0.3) is 0 Å². The second kappa shape index (κ2) is 11.2. The van der Waals surface area contributed by atoms with Crippen molar-refractivity contribution < 1.29 is 14.2 Å². The fourth-order valence-electron chi connectivity index (χ4n) is 4.40. The number of aromatic nitrogens is 2. The Hall–Kier alpha value is -3.27. The highest BCUT2D eigenvalue weighted by molar-refractivity contribution is 6.32. The second-order valence-corrected chi connectivity index (χ2v) is 9.09. The highest BCUT2D eigenvalue weighted by Gasteiger charge is 2.18. The summed E-state index contributed by atoms with van der Waals surface area (Å²) in [6.07, 6.45) is 1.75. The van der Waals surface area contributed by atoms with Crippen LogP contribution in [0.4, 0.5) is 34.5 Å². The van der Waals surface area contributed by atoms with E-state index in [-0.39, 0.29) is 0 Å². The number of hydrogen-bond acceptors (Lipinski definition) is 9. The Bertz CT molecular complexity index is 1150. The maximum Gasteiger partial charge on any atom is 0.229 e. The van der Waals surface area contributed by atoms with Gasteiger partial charge in [0.25, 0.3) is 0 Å². The largest absolute Gasteiger partial charge is 0.495 e. The molecule has 36 heavy (non-hydrogen) atoms. The van der Waals surface area contributed by atoms with Gasteiger partial charge in [0.15, 0.2) is 0 Å². The van der Waals surface area contributed by atoms with E-state index in [4.69, 9.17) is 30.8 Å². The number of morpholine rings is 2. The molecule has 2 aliphatic rings. The van der Waals surface area contributed by atoms with Crippen molar-refractivity contribution in [3.05, 3.63) is 53.7 Å². The van der Waals surface area contributed by atoms with Crippen LogP contribution in [0.5, 0.6) is 5.75 Å². The first-order chi connectivity index (χ1) is 17.6. The molecular weight excluding hydrogens is 480 g/mol. The van der Waals surface area contributed by atoms with E-state index < -0.39 is 0 Å². The van der Waals surface area contributed by atoms with Gasteiger partial charge in [-0.1, -0.05) is 11.6 Å². The third-order valence-corrected chi connectivity index (χ3v) is 6.71. The molecular formula is C26H31ClN6O3. The number of anilines is 6. The monoisotopic (exact) mass is 510 g/mol. The normalized spacial score (nSPS) is 16.1. The topological polar surface area (TPSA) is 75.2 Å². The molecule has 190 valence electrons. The van der Waals surface area contributed by atoms with Gasteiger partial charge in [-0.05, 0) is 42.5 Å². The molecule has 1 N–H and O–H groups in total. The third kappa shape index (κ3) is 5.59. The van der Waals surface area contributed by atoms with Gasteiger partial charge in [-0.25, -0.2) is 4.98 Å². The molecule has 10 heteroatoms. The van der Waals surface area contributed by atoms with Gasteiger partial charge in [-0.3, -0.25) is 0 Å². The lowest BCUT2D eigenvalue weighted by atomic mass is 10.2. The lowest BCUT2D eigenvalue weighted by Crippen LogP contribution is -2.38. The average molecular weight is 511 g/mol. The van der Waals surface area contributed by atoms with E-state index in [1.807, 2.05) is 36.2 Å².